The fourth-order valence-electron chi connectivity index (χ4n) is 3.02. The number of hydrogen-bond donors (Lipinski definition) is 3. The minimum atomic E-state index is -0.278. The third kappa shape index (κ3) is 6.76. The first-order valence-electron chi connectivity index (χ1n) is 10.1. The highest BCUT2D eigenvalue weighted by Crippen LogP contribution is 2.16. The van der Waals surface area contributed by atoms with Gasteiger partial charge >= 0.3 is 0 Å². The minimum Gasteiger partial charge on any atom is -0.332 e. The van der Waals surface area contributed by atoms with Crippen molar-refractivity contribution in [2.24, 2.45) is 0 Å². The molecule has 3 rings (SSSR count). The number of rotatable bonds is 6. The molecule has 158 valence electrons. The van der Waals surface area contributed by atoms with Gasteiger partial charge in [-0.3, -0.25) is 14.9 Å². The van der Waals surface area contributed by atoms with Crippen LogP contribution in [0.15, 0.2) is 78.9 Å². The van der Waals surface area contributed by atoms with Crippen LogP contribution in [0.4, 0.5) is 11.4 Å². The summed E-state index contributed by atoms with van der Waals surface area (Å²) < 4.78 is 0. The fraction of sp³-hybridized carbons (Fsp3) is 0.160. The summed E-state index contributed by atoms with van der Waals surface area (Å²) in [5.41, 5.74) is 3.96. The topological polar surface area (TPSA) is 70.2 Å². The Morgan fingerprint density at radius 2 is 1.48 bits per heavy atom. The van der Waals surface area contributed by atoms with E-state index in [0.717, 1.165) is 5.56 Å². The molecule has 31 heavy (non-hydrogen) atoms. The third-order valence-electron chi connectivity index (χ3n) is 4.68. The monoisotopic (exact) mass is 431 g/mol. The van der Waals surface area contributed by atoms with Gasteiger partial charge in [-0.2, -0.15) is 0 Å². The Morgan fingerprint density at radius 1 is 0.839 bits per heavy atom. The second kappa shape index (κ2) is 10.5. The van der Waals surface area contributed by atoms with Crippen molar-refractivity contribution in [2.75, 3.05) is 10.6 Å². The predicted octanol–water partition coefficient (Wildman–Crippen LogP) is 5.12. The van der Waals surface area contributed by atoms with Crippen LogP contribution in [0.5, 0.6) is 0 Å². The number of carbonyl (C=O) groups is 2. The van der Waals surface area contributed by atoms with Gasteiger partial charge in [0.25, 0.3) is 5.91 Å². The smallest absolute Gasteiger partial charge is 0.257 e. The van der Waals surface area contributed by atoms with Crippen LogP contribution in [0.25, 0.3) is 0 Å². The normalized spacial score (nSPS) is 10.4. The van der Waals surface area contributed by atoms with Crippen LogP contribution >= 0.6 is 12.2 Å². The van der Waals surface area contributed by atoms with Crippen LogP contribution in [0.3, 0.4) is 0 Å². The first-order valence-corrected chi connectivity index (χ1v) is 10.5. The van der Waals surface area contributed by atoms with E-state index in [1.165, 1.54) is 5.56 Å². The van der Waals surface area contributed by atoms with E-state index < -0.39 is 0 Å². The molecule has 3 aromatic rings. The summed E-state index contributed by atoms with van der Waals surface area (Å²) >= 11 is 5.27. The van der Waals surface area contributed by atoms with E-state index in [-0.39, 0.29) is 16.9 Å². The molecule has 0 heterocycles. The lowest BCUT2D eigenvalue weighted by molar-refractivity contribution is -0.115. The van der Waals surface area contributed by atoms with Crippen molar-refractivity contribution in [3.8, 4) is 0 Å². The van der Waals surface area contributed by atoms with Crippen LogP contribution in [0.2, 0.25) is 0 Å². The molecule has 0 aliphatic rings. The van der Waals surface area contributed by atoms with Crippen LogP contribution in [-0.4, -0.2) is 16.9 Å². The zero-order chi connectivity index (χ0) is 22.2. The lowest BCUT2D eigenvalue weighted by Gasteiger charge is -2.12. The van der Waals surface area contributed by atoms with Gasteiger partial charge < -0.3 is 10.6 Å². The molecule has 0 spiro atoms. The molecule has 5 nitrogen and oxygen atoms in total. The van der Waals surface area contributed by atoms with Crippen molar-refractivity contribution in [3.05, 3.63) is 95.6 Å². The molecule has 0 aliphatic heterocycles. The summed E-state index contributed by atoms with van der Waals surface area (Å²) in [5.74, 6) is 0.0181. The molecular formula is C25H25N3O2S. The van der Waals surface area contributed by atoms with Crippen molar-refractivity contribution in [3.63, 3.8) is 0 Å². The molecular weight excluding hydrogens is 406 g/mol. The molecule has 3 N–H and O–H groups in total. The van der Waals surface area contributed by atoms with Gasteiger partial charge in [0.15, 0.2) is 5.11 Å². The number of carbonyl (C=O) groups excluding carboxylic acids is 2. The largest absolute Gasteiger partial charge is 0.332 e. The number of benzene rings is 3. The van der Waals surface area contributed by atoms with Gasteiger partial charge in [0, 0.05) is 16.9 Å². The number of nitrogens with one attached hydrogen (secondary N) is 3. The summed E-state index contributed by atoms with van der Waals surface area (Å²) in [6, 6.07) is 24.2. The van der Waals surface area contributed by atoms with Crippen molar-refractivity contribution in [1.82, 2.24) is 5.32 Å². The fourth-order valence-corrected chi connectivity index (χ4v) is 3.23. The number of anilines is 2. The number of thiocarbonyl (C=S) groups is 1. The molecule has 0 aliphatic carbocycles. The first-order chi connectivity index (χ1) is 14.9. The molecule has 0 aromatic heterocycles. The molecule has 0 atom stereocenters. The first kappa shape index (κ1) is 22.2. The summed E-state index contributed by atoms with van der Waals surface area (Å²) in [6.45, 7) is 4.21. The van der Waals surface area contributed by atoms with Crippen molar-refractivity contribution >= 4 is 40.5 Å². The van der Waals surface area contributed by atoms with E-state index in [0.29, 0.717) is 29.3 Å². The molecule has 2 amide bonds. The molecule has 0 saturated carbocycles. The summed E-state index contributed by atoms with van der Waals surface area (Å²) in [7, 11) is 0. The van der Waals surface area contributed by atoms with E-state index in [1.807, 2.05) is 48.5 Å². The molecule has 0 bridgehead atoms. The summed E-state index contributed by atoms with van der Waals surface area (Å²) in [4.78, 5) is 24.7. The molecule has 0 saturated heterocycles. The maximum absolute atomic E-state index is 12.4. The van der Waals surface area contributed by atoms with Gasteiger partial charge in [0.2, 0.25) is 5.91 Å². The molecule has 0 radical (unpaired) electrons. The number of hydrogen-bond acceptors (Lipinski definition) is 3. The Balaban J connectivity index is 1.55. The van der Waals surface area contributed by atoms with E-state index >= 15 is 0 Å². The molecule has 6 heteroatoms. The van der Waals surface area contributed by atoms with Gasteiger partial charge in [-0.1, -0.05) is 62.4 Å². The highest BCUT2D eigenvalue weighted by molar-refractivity contribution is 7.80. The predicted molar refractivity (Wildman–Crippen MR) is 129 cm³/mol. The van der Waals surface area contributed by atoms with Crippen LogP contribution in [-0.2, 0) is 11.2 Å². The lowest BCUT2D eigenvalue weighted by Crippen LogP contribution is -2.34. The third-order valence-corrected chi connectivity index (χ3v) is 4.88. The van der Waals surface area contributed by atoms with Crippen LogP contribution in [0.1, 0.15) is 41.3 Å². The quantitative estimate of drug-likeness (QED) is 0.474. The zero-order valence-electron chi connectivity index (χ0n) is 17.5. The maximum atomic E-state index is 12.4. The summed E-state index contributed by atoms with van der Waals surface area (Å²) in [6.07, 6.45) is 0.294. The van der Waals surface area contributed by atoms with Crippen molar-refractivity contribution in [2.45, 2.75) is 26.2 Å². The molecule has 3 aromatic carbocycles. The van der Waals surface area contributed by atoms with Gasteiger partial charge in [0.05, 0.1) is 6.42 Å². The Hall–Kier alpha value is -3.51. The minimum absolute atomic E-state index is 0.107. The van der Waals surface area contributed by atoms with E-state index in [9.17, 15) is 9.59 Å². The Kier molecular flexibility index (Phi) is 7.51. The highest BCUT2D eigenvalue weighted by atomic mass is 32.1. The standard InChI is InChI=1S/C25H25N3O2S/c1-17(2)19-11-13-20(14-12-19)24(30)28-25(31)27-22-10-6-9-21(16-22)26-23(29)15-18-7-4-3-5-8-18/h3-14,16-17H,15H2,1-2H3,(H,26,29)(H2,27,28,30,31). The van der Waals surface area contributed by atoms with E-state index in [2.05, 4.69) is 29.8 Å². The second-order valence-electron chi connectivity index (χ2n) is 7.48. The van der Waals surface area contributed by atoms with Crippen molar-refractivity contribution in [1.29, 1.82) is 0 Å². The Bertz CT molecular complexity index is 1060. The molecule has 0 unspecified atom stereocenters. The lowest BCUT2D eigenvalue weighted by atomic mass is 10.0. The average Bonchev–Trinajstić information content (AvgIpc) is 2.74. The van der Waals surface area contributed by atoms with Gasteiger partial charge in [0.1, 0.15) is 0 Å². The van der Waals surface area contributed by atoms with Crippen molar-refractivity contribution < 1.29 is 9.59 Å². The number of amides is 2. The SMILES string of the molecule is CC(C)c1ccc(C(=O)NC(=S)Nc2cccc(NC(=O)Cc3ccccc3)c2)cc1. The van der Waals surface area contributed by atoms with E-state index in [4.69, 9.17) is 12.2 Å². The van der Waals surface area contributed by atoms with Gasteiger partial charge in [-0.05, 0) is 59.6 Å². The summed E-state index contributed by atoms with van der Waals surface area (Å²) in [5, 5.41) is 8.73. The van der Waals surface area contributed by atoms with Gasteiger partial charge in [-0.15, -0.1) is 0 Å². The second-order valence-corrected chi connectivity index (χ2v) is 7.88. The van der Waals surface area contributed by atoms with Gasteiger partial charge in [-0.25, -0.2) is 0 Å². The average molecular weight is 432 g/mol. The maximum Gasteiger partial charge on any atom is 0.257 e. The molecule has 0 fully saturated rings. The Labute approximate surface area is 187 Å². The van der Waals surface area contributed by atoms with Crippen LogP contribution in [0, 0.1) is 0 Å². The zero-order valence-corrected chi connectivity index (χ0v) is 18.3. The Morgan fingerprint density at radius 3 is 2.13 bits per heavy atom. The van der Waals surface area contributed by atoms with E-state index in [1.54, 1.807) is 30.3 Å². The van der Waals surface area contributed by atoms with Crippen LogP contribution < -0.4 is 16.0 Å². The highest BCUT2D eigenvalue weighted by Gasteiger charge is 2.10.